The lowest BCUT2D eigenvalue weighted by Crippen LogP contribution is -2.48. The molecular formula is C26H30N4O. The molecular weight excluding hydrogens is 384 g/mol. The summed E-state index contributed by atoms with van der Waals surface area (Å²) < 4.78 is 0. The predicted octanol–water partition coefficient (Wildman–Crippen LogP) is 4.52. The molecule has 0 radical (unpaired) electrons. The maximum atomic E-state index is 12.8. The van der Waals surface area contributed by atoms with Crippen LogP contribution in [0.4, 0.5) is 4.79 Å². The van der Waals surface area contributed by atoms with Gasteiger partial charge in [0.1, 0.15) is 0 Å². The van der Waals surface area contributed by atoms with E-state index in [0.29, 0.717) is 12.6 Å². The van der Waals surface area contributed by atoms with Crippen molar-refractivity contribution < 1.29 is 4.79 Å². The average Bonchev–Trinajstić information content (AvgIpc) is 2.84. The van der Waals surface area contributed by atoms with E-state index < -0.39 is 0 Å². The van der Waals surface area contributed by atoms with E-state index in [2.05, 4.69) is 44.8 Å². The number of rotatable bonds is 7. The van der Waals surface area contributed by atoms with Crippen LogP contribution in [0.3, 0.4) is 0 Å². The van der Waals surface area contributed by atoms with Gasteiger partial charge in [-0.1, -0.05) is 73.2 Å². The van der Waals surface area contributed by atoms with Gasteiger partial charge in [0, 0.05) is 25.3 Å². The monoisotopic (exact) mass is 414 g/mol. The van der Waals surface area contributed by atoms with Gasteiger partial charge in [-0.15, -0.1) is 0 Å². The predicted molar refractivity (Wildman–Crippen MR) is 124 cm³/mol. The zero-order valence-electron chi connectivity index (χ0n) is 17.8. The Balaban J connectivity index is 1.38. The van der Waals surface area contributed by atoms with Gasteiger partial charge in [-0.05, 0) is 42.6 Å². The zero-order valence-corrected chi connectivity index (χ0v) is 17.8. The fraction of sp³-hybridized carbons (Fsp3) is 0.308. The van der Waals surface area contributed by atoms with E-state index in [4.69, 9.17) is 0 Å². The summed E-state index contributed by atoms with van der Waals surface area (Å²) in [5, 5.41) is 6.24. The second kappa shape index (κ2) is 10.7. The molecule has 2 heterocycles. The maximum Gasteiger partial charge on any atom is 0.315 e. The number of hydrogen-bond acceptors (Lipinski definition) is 3. The molecule has 5 heteroatoms. The fourth-order valence-electron chi connectivity index (χ4n) is 4.23. The summed E-state index contributed by atoms with van der Waals surface area (Å²) in [7, 11) is 0. The van der Waals surface area contributed by atoms with Gasteiger partial charge < -0.3 is 10.6 Å². The van der Waals surface area contributed by atoms with Crippen molar-refractivity contribution in [2.24, 2.45) is 0 Å². The lowest BCUT2D eigenvalue weighted by Gasteiger charge is -2.36. The van der Waals surface area contributed by atoms with Crippen LogP contribution in [0.1, 0.15) is 42.1 Å². The van der Waals surface area contributed by atoms with Gasteiger partial charge in [-0.2, -0.15) is 0 Å². The highest BCUT2D eigenvalue weighted by Gasteiger charge is 2.24. The van der Waals surface area contributed by atoms with Crippen molar-refractivity contribution in [2.45, 2.75) is 37.9 Å². The highest BCUT2D eigenvalue weighted by molar-refractivity contribution is 5.75. The minimum Gasteiger partial charge on any atom is -0.337 e. The van der Waals surface area contributed by atoms with E-state index in [9.17, 15) is 4.79 Å². The second-order valence-electron chi connectivity index (χ2n) is 8.06. The summed E-state index contributed by atoms with van der Waals surface area (Å²) in [5.41, 5.74) is 3.16. The van der Waals surface area contributed by atoms with Crippen molar-refractivity contribution in [2.75, 3.05) is 13.1 Å². The largest absolute Gasteiger partial charge is 0.337 e. The minimum absolute atomic E-state index is 0.162. The first-order valence-corrected chi connectivity index (χ1v) is 11.1. The first kappa shape index (κ1) is 21.1. The first-order valence-electron chi connectivity index (χ1n) is 11.1. The average molecular weight is 415 g/mol. The molecule has 1 aliphatic rings. The van der Waals surface area contributed by atoms with Crippen LogP contribution in [0.5, 0.6) is 0 Å². The molecule has 1 aliphatic heterocycles. The Morgan fingerprint density at radius 3 is 2.45 bits per heavy atom. The number of carbonyl (C=O) groups excluding carboxylic acids is 1. The standard InChI is InChI=1S/C26H30N4O/c31-26(29-25(22-13-5-2-6-14-22)24-16-7-9-17-27-24)28-19-23-15-8-10-18-30(23)20-21-11-3-1-4-12-21/h1-7,9,11-14,16-17,23,25H,8,10,15,18-20H2,(H2,28,29,31). The normalized spacial score (nSPS) is 17.6. The van der Waals surface area contributed by atoms with Gasteiger partial charge in [-0.3, -0.25) is 9.88 Å². The van der Waals surface area contributed by atoms with Gasteiger partial charge in [0.2, 0.25) is 0 Å². The lowest BCUT2D eigenvalue weighted by atomic mass is 10.0. The molecule has 0 aliphatic carbocycles. The van der Waals surface area contributed by atoms with Crippen LogP contribution in [0.2, 0.25) is 0 Å². The van der Waals surface area contributed by atoms with Crippen molar-refractivity contribution >= 4 is 6.03 Å². The smallest absolute Gasteiger partial charge is 0.315 e. The number of nitrogens with zero attached hydrogens (tertiary/aromatic N) is 2. The number of amides is 2. The molecule has 1 aromatic heterocycles. The number of pyridine rings is 1. The van der Waals surface area contributed by atoms with Crippen LogP contribution in [-0.4, -0.2) is 35.0 Å². The topological polar surface area (TPSA) is 57.3 Å². The van der Waals surface area contributed by atoms with Gasteiger partial charge in [0.05, 0.1) is 11.7 Å². The Morgan fingerprint density at radius 1 is 0.968 bits per heavy atom. The van der Waals surface area contributed by atoms with Gasteiger partial charge in [-0.25, -0.2) is 4.79 Å². The number of urea groups is 1. The van der Waals surface area contributed by atoms with E-state index in [-0.39, 0.29) is 12.1 Å². The molecule has 1 saturated heterocycles. The number of benzene rings is 2. The third kappa shape index (κ3) is 5.92. The quantitative estimate of drug-likeness (QED) is 0.597. The third-order valence-corrected chi connectivity index (χ3v) is 5.87. The first-order chi connectivity index (χ1) is 15.3. The number of likely N-dealkylation sites (tertiary alicyclic amines) is 1. The van der Waals surface area contributed by atoms with Crippen molar-refractivity contribution in [1.82, 2.24) is 20.5 Å². The Hall–Kier alpha value is -3.18. The number of hydrogen-bond donors (Lipinski definition) is 2. The van der Waals surface area contributed by atoms with Crippen molar-refractivity contribution in [3.63, 3.8) is 0 Å². The summed E-state index contributed by atoms with van der Waals surface area (Å²) in [6, 6.07) is 26.2. The number of nitrogens with one attached hydrogen (secondary N) is 2. The highest BCUT2D eigenvalue weighted by atomic mass is 16.2. The maximum absolute atomic E-state index is 12.8. The highest BCUT2D eigenvalue weighted by Crippen LogP contribution is 2.21. The van der Waals surface area contributed by atoms with Crippen LogP contribution in [0.25, 0.3) is 0 Å². The van der Waals surface area contributed by atoms with Gasteiger partial charge in [0.15, 0.2) is 0 Å². The van der Waals surface area contributed by atoms with Crippen LogP contribution < -0.4 is 10.6 Å². The third-order valence-electron chi connectivity index (χ3n) is 5.87. The van der Waals surface area contributed by atoms with Crippen molar-refractivity contribution in [3.8, 4) is 0 Å². The molecule has 2 unspecified atom stereocenters. The molecule has 2 atom stereocenters. The Bertz CT molecular complexity index is 894. The van der Waals surface area contributed by atoms with Gasteiger partial charge >= 0.3 is 6.03 Å². The molecule has 0 bridgehead atoms. The molecule has 4 rings (SSSR count). The SMILES string of the molecule is O=C(NCC1CCCCN1Cc1ccccc1)NC(c1ccccc1)c1ccccn1. The van der Waals surface area contributed by atoms with Crippen LogP contribution >= 0.6 is 0 Å². The number of piperidine rings is 1. The Labute approximate surface area is 184 Å². The minimum atomic E-state index is -0.283. The Kier molecular flexibility index (Phi) is 7.29. The summed E-state index contributed by atoms with van der Waals surface area (Å²) in [6.07, 6.45) is 5.29. The molecule has 0 spiro atoms. The molecule has 31 heavy (non-hydrogen) atoms. The van der Waals surface area contributed by atoms with Crippen LogP contribution in [0, 0.1) is 0 Å². The molecule has 0 saturated carbocycles. The molecule has 5 nitrogen and oxygen atoms in total. The summed E-state index contributed by atoms with van der Waals surface area (Å²) in [4.78, 5) is 19.8. The van der Waals surface area contributed by atoms with E-state index in [1.165, 1.54) is 18.4 Å². The zero-order chi connectivity index (χ0) is 21.3. The Morgan fingerprint density at radius 2 is 1.71 bits per heavy atom. The summed E-state index contributed by atoms with van der Waals surface area (Å²) in [5.74, 6) is 0. The van der Waals surface area contributed by atoms with E-state index >= 15 is 0 Å². The summed E-state index contributed by atoms with van der Waals surface area (Å²) in [6.45, 7) is 2.64. The molecule has 3 aromatic rings. The second-order valence-corrected chi connectivity index (χ2v) is 8.06. The lowest BCUT2D eigenvalue weighted by molar-refractivity contribution is 0.138. The van der Waals surface area contributed by atoms with Gasteiger partial charge in [0.25, 0.3) is 0 Å². The van der Waals surface area contributed by atoms with E-state index in [1.54, 1.807) is 6.20 Å². The molecule has 2 N–H and O–H groups in total. The van der Waals surface area contributed by atoms with Crippen molar-refractivity contribution in [3.05, 3.63) is 102 Å². The van der Waals surface area contributed by atoms with Crippen molar-refractivity contribution in [1.29, 1.82) is 0 Å². The molecule has 2 aromatic carbocycles. The summed E-state index contributed by atoms with van der Waals surface area (Å²) >= 11 is 0. The van der Waals surface area contributed by atoms with E-state index in [0.717, 1.165) is 30.8 Å². The van der Waals surface area contributed by atoms with E-state index in [1.807, 2.05) is 54.6 Å². The molecule has 160 valence electrons. The molecule has 1 fully saturated rings. The number of carbonyl (C=O) groups is 1. The molecule has 2 amide bonds. The fourth-order valence-corrected chi connectivity index (χ4v) is 4.23. The van der Waals surface area contributed by atoms with Crippen LogP contribution in [0.15, 0.2) is 85.1 Å². The number of aromatic nitrogens is 1. The van der Waals surface area contributed by atoms with Crippen LogP contribution in [-0.2, 0) is 6.54 Å².